The quantitative estimate of drug-likeness (QED) is 0.816. The summed E-state index contributed by atoms with van der Waals surface area (Å²) < 4.78 is 0. The van der Waals surface area contributed by atoms with E-state index < -0.39 is 0 Å². The minimum Gasteiger partial charge on any atom is -0.367 e. The fourth-order valence-electron chi connectivity index (χ4n) is 2.18. The topological polar surface area (TPSA) is 24.9 Å². The first-order valence-electron chi connectivity index (χ1n) is 6.10. The number of aryl methyl sites for hydroxylation is 1. The van der Waals surface area contributed by atoms with Crippen LogP contribution in [0.25, 0.3) is 0 Å². The van der Waals surface area contributed by atoms with Crippen LogP contribution >= 0.6 is 0 Å². The van der Waals surface area contributed by atoms with Crippen LogP contribution in [0.15, 0.2) is 18.3 Å². The molecule has 15 heavy (non-hydrogen) atoms. The maximum absolute atomic E-state index is 4.43. The highest BCUT2D eigenvalue weighted by Gasteiger charge is 2.12. The predicted octanol–water partition coefficient (Wildman–Crippen LogP) is 3.39. The van der Waals surface area contributed by atoms with E-state index in [1.165, 1.54) is 37.7 Å². The Bertz CT molecular complexity index is 286. The van der Waals surface area contributed by atoms with Crippen LogP contribution in [-0.2, 0) is 6.42 Å². The Balaban J connectivity index is 1.91. The Morgan fingerprint density at radius 3 is 2.67 bits per heavy atom. The second-order valence-electron chi connectivity index (χ2n) is 4.38. The summed E-state index contributed by atoms with van der Waals surface area (Å²) >= 11 is 0. The van der Waals surface area contributed by atoms with Crippen molar-refractivity contribution in [3.05, 3.63) is 23.9 Å². The number of aromatic nitrogens is 1. The third kappa shape index (κ3) is 2.95. The zero-order valence-corrected chi connectivity index (χ0v) is 9.50. The van der Waals surface area contributed by atoms with E-state index in [4.69, 9.17) is 0 Å². The Labute approximate surface area is 92.1 Å². The van der Waals surface area contributed by atoms with E-state index in [1.54, 1.807) is 0 Å². The number of hydrogen-bond donors (Lipinski definition) is 1. The monoisotopic (exact) mass is 204 g/mol. The van der Waals surface area contributed by atoms with E-state index in [1.807, 2.05) is 6.20 Å². The molecule has 1 aromatic heterocycles. The number of nitrogens with one attached hydrogen (secondary N) is 1. The van der Waals surface area contributed by atoms with Crippen molar-refractivity contribution < 1.29 is 0 Å². The van der Waals surface area contributed by atoms with Gasteiger partial charge >= 0.3 is 0 Å². The maximum atomic E-state index is 4.43. The molecule has 0 radical (unpaired) electrons. The summed E-state index contributed by atoms with van der Waals surface area (Å²) in [5, 5.41) is 3.52. The predicted molar refractivity (Wildman–Crippen MR) is 64.1 cm³/mol. The standard InChI is InChI=1S/C13H20N2/c1-2-11-8-9-13(14-10-11)15-12-6-4-3-5-7-12/h8-10,12H,2-7H2,1H3,(H,14,15). The molecule has 82 valence electrons. The van der Waals surface area contributed by atoms with Crippen LogP contribution in [0.2, 0.25) is 0 Å². The highest BCUT2D eigenvalue weighted by Crippen LogP contribution is 2.20. The van der Waals surface area contributed by atoms with Crippen molar-refractivity contribution in [2.24, 2.45) is 0 Å². The minimum absolute atomic E-state index is 0.652. The lowest BCUT2D eigenvalue weighted by molar-refractivity contribution is 0.462. The number of pyridine rings is 1. The van der Waals surface area contributed by atoms with Gasteiger partial charge in [-0.1, -0.05) is 32.3 Å². The molecular weight excluding hydrogens is 184 g/mol. The van der Waals surface area contributed by atoms with Crippen LogP contribution in [0.4, 0.5) is 5.82 Å². The second kappa shape index (κ2) is 5.15. The molecule has 0 saturated heterocycles. The van der Waals surface area contributed by atoms with Crippen LogP contribution in [0.5, 0.6) is 0 Å². The molecule has 2 heteroatoms. The number of anilines is 1. The van der Waals surface area contributed by atoms with Gasteiger partial charge in [-0.15, -0.1) is 0 Å². The number of nitrogens with zero attached hydrogens (tertiary/aromatic N) is 1. The van der Waals surface area contributed by atoms with Gasteiger partial charge in [-0.3, -0.25) is 0 Å². The van der Waals surface area contributed by atoms with Gasteiger partial charge in [-0.2, -0.15) is 0 Å². The first-order chi connectivity index (χ1) is 7.38. The van der Waals surface area contributed by atoms with Gasteiger partial charge in [0.25, 0.3) is 0 Å². The van der Waals surface area contributed by atoms with E-state index in [9.17, 15) is 0 Å². The maximum Gasteiger partial charge on any atom is 0.126 e. The molecule has 2 rings (SSSR count). The molecule has 0 amide bonds. The van der Waals surface area contributed by atoms with E-state index in [0.29, 0.717) is 6.04 Å². The average molecular weight is 204 g/mol. The zero-order valence-electron chi connectivity index (χ0n) is 9.50. The fraction of sp³-hybridized carbons (Fsp3) is 0.615. The van der Waals surface area contributed by atoms with Crippen molar-refractivity contribution in [2.75, 3.05) is 5.32 Å². The minimum atomic E-state index is 0.652. The Morgan fingerprint density at radius 2 is 2.07 bits per heavy atom. The van der Waals surface area contributed by atoms with E-state index >= 15 is 0 Å². The van der Waals surface area contributed by atoms with Crippen molar-refractivity contribution in [3.8, 4) is 0 Å². The smallest absolute Gasteiger partial charge is 0.126 e. The lowest BCUT2D eigenvalue weighted by atomic mass is 9.95. The molecule has 1 heterocycles. The molecule has 2 nitrogen and oxygen atoms in total. The highest BCUT2D eigenvalue weighted by molar-refractivity contribution is 5.36. The van der Waals surface area contributed by atoms with Crippen LogP contribution in [0.1, 0.15) is 44.6 Å². The Kier molecular flexibility index (Phi) is 3.59. The number of hydrogen-bond acceptors (Lipinski definition) is 2. The summed E-state index contributed by atoms with van der Waals surface area (Å²) in [4.78, 5) is 4.43. The van der Waals surface area contributed by atoms with Crippen LogP contribution < -0.4 is 5.32 Å². The molecule has 1 saturated carbocycles. The Morgan fingerprint density at radius 1 is 1.27 bits per heavy atom. The molecule has 0 spiro atoms. The summed E-state index contributed by atoms with van der Waals surface area (Å²) in [6.07, 6.45) is 9.78. The molecule has 0 atom stereocenters. The van der Waals surface area contributed by atoms with E-state index in [2.05, 4.69) is 29.4 Å². The van der Waals surface area contributed by atoms with Crippen molar-refractivity contribution >= 4 is 5.82 Å². The number of rotatable bonds is 3. The van der Waals surface area contributed by atoms with E-state index in [0.717, 1.165) is 12.2 Å². The molecular formula is C13H20N2. The highest BCUT2D eigenvalue weighted by atomic mass is 15.0. The summed E-state index contributed by atoms with van der Waals surface area (Å²) in [7, 11) is 0. The normalized spacial score (nSPS) is 17.7. The molecule has 0 unspecified atom stereocenters. The second-order valence-corrected chi connectivity index (χ2v) is 4.38. The summed E-state index contributed by atoms with van der Waals surface area (Å²) in [6.45, 7) is 2.16. The third-order valence-electron chi connectivity index (χ3n) is 3.19. The van der Waals surface area contributed by atoms with Gasteiger partial charge < -0.3 is 5.32 Å². The third-order valence-corrected chi connectivity index (χ3v) is 3.19. The van der Waals surface area contributed by atoms with Crippen LogP contribution in [-0.4, -0.2) is 11.0 Å². The van der Waals surface area contributed by atoms with Crippen molar-refractivity contribution in [1.29, 1.82) is 0 Å². The largest absolute Gasteiger partial charge is 0.367 e. The van der Waals surface area contributed by atoms with Crippen molar-refractivity contribution in [3.63, 3.8) is 0 Å². The SMILES string of the molecule is CCc1ccc(NC2CCCCC2)nc1. The van der Waals surface area contributed by atoms with Gasteiger partial charge in [0, 0.05) is 12.2 Å². The molecule has 1 aromatic rings. The molecule has 1 N–H and O–H groups in total. The van der Waals surface area contributed by atoms with Crippen LogP contribution in [0.3, 0.4) is 0 Å². The lowest BCUT2D eigenvalue weighted by Crippen LogP contribution is -2.22. The lowest BCUT2D eigenvalue weighted by Gasteiger charge is -2.23. The van der Waals surface area contributed by atoms with Gasteiger partial charge in [-0.25, -0.2) is 4.98 Å². The molecule has 1 aliphatic carbocycles. The molecule has 0 aromatic carbocycles. The first-order valence-corrected chi connectivity index (χ1v) is 6.10. The fourth-order valence-corrected chi connectivity index (χ4v) is 2.18. The summed E-state index contributed by atoms with van der Waals surface area (Å²) in [5.74, 6) is 1.04. The molecule has 0 bridgehead atoms. The van der Waals surface area contributed by atoms with Crippen LogP contribution in [0, 0.1) is 0 Å². The molecule has 0 aliphatic heterocycles. The summed E-state index contributed by atoms with van der Waals surface area (Å²) in [6, 6.07) is 4.92. The zero-order chi connectivity index (χ0) is 10.5. The average Bonchev–Trinajstić information content (AvgIpc) is 2.31. The molecule has 1 aliphatic rings. The Hall–Kier alpha value is -1.05. The van der Waals surface area contributed by atoms with Gasteiger partial charge in [-0.05, 0) is 30.9 Å². The van der Waals surface area contributed by atoms with Gasteiger partial charge in [0.2, 0.25) is 0 Å². The first kappa shape index (κ1) is 10.5. The summed E-state index contributed by atoms with van der Waals surface area (Å²) in [5.41, 5.74) is 1.31. The van der Waals surface area contributed by atoms with Gasteiger partial charge in [0.05, 0.1) is 0 Å². The molecule has 1 fully saturated rings. The van der Waals surface area contributed by atoms with E-state index in [-0.39, 0.29) is 0 Å². The van der Waals surface area contributed by atoms with Crippen molar-refractivity contribution in [2.45, 2.75) is 51.5 Å². The van der Waals surface area contributed by atoms with Gasteiger partial charge in [0.15, 0.2) is 0 Å². The van der Waals surface area contributed by atoms with Gasteiger partial charge in [0.1, 0.15) is 5.82 Å². The van der Waals surface area contributed by atoms with Crippen molar-refractivity contribution in [1.82, 2.24) is 4.98 Å².